The topological polar surface area (TPSA) is 26.9 Å². The minimum absolute atomic E-state index is 0.137. The highest BCUT2D eigenvalue weighted by atomic mass is 32.1. The highest BCUT2D eigenvalue weighted by Gasteiger charge is 2.11. The summed E-state index contributed by atoms with van der Waals surface area (Å²) in [4.78, 5) is 12.7. The van der Waals surface area contributed by atoms with E-state index in [1.807, 2.05) is 21.3 Å². The second-order valence-electron chi connectivity index (χ2n) is 5.64. The van der Waals surface area contributed by atoms with Crippen LogP contribution in [0, 0.1) is 0 Å². The molecule has 0 saturated carbocycles. The minimum atomic E-state index is 0.137. The summed E-state index contributed by atoms with van der Waals surface area (Å²) in [5.74, 6) is 1.84. The predicted octanol–water partition coefficient (Wildman–Crippen LogP) is 4.00. The smallest absolute Gasteiger partial charge is 0.292 e. The Morgan fingerprint density at radius 2 is 1.18 bits per heavy atom. The van der Waals surface area contributed by atoms with Crippen LogP contribution in [0.5, 0.6) is 0 Å². The number of imidazole rings is 1. The first-order valence-corrected chi connectivity index (χ1v) is 9.46. The highest BCUT2D eigenvalue weighted by molar-refractivity contribution is 7.80. The van der Waals surface area contributed by atoms with E-state index in [1.165, 1.54) is 0 Å². The largest absolute Gasteiger partial charge is 0.329 e. The Kier molecular flexibility index (Phi) is 7.46. The molecule has 3 nitrogen and oxygen atoms in total. The number of aromatic nitrogens is 2. The molecule has 0 spiro atoms. The van der Waals surface area contributed by atoms with Crippen LogP contribution in [-0.2, 0) is 13.1 Å². The van der Waals surface area contributed by atoms with E-state index in [0.717, 1.165) is 74.2 Å². The molecule has 1 aromatic heterocycles. The molecule has 0 aliphatic heterocycles. The summed E-state index contributed by atoms with van der Waals surface area (Å²) in [6.07, 6.45) is 6.54. The van der Waals surface area contributed by atoms with Crippen molar-refractivity contribution in [2.45, 2.75) is 51.6 Å². The maximum atomic E-state index is 12.7. The quantitative estimate of drug-likeness (QED) is 0.497. The van der Waals surface area contributed by atoms with E-state index in [-0.39, 0.29) is 5.69 Å². The Balaban J connectivity index is 2.17. The molecule has 0 aliphatic rings. The van der Waals surface area contributed by atoms with E-state index in [1.54, 1.807) is 0 Å². The molecule has 1 heterocycles. The molecule has 0 radical (unpaired) electrons. The van der Waals surface area contributed by atoms with Crippen LogP contribution in [0.1, 0.15) is 38.5 Å². The molecular formula is C17H26N2OS2. The van der Waals surface area contributed by atoms with Gasteiger partial charge in [-0.15, -0.1) is 0 Å². The molecule has 0 atom stereocenters. The lowest BCUT2D eigenvalue weighted by molar-refractivity contribution is 0.556. The monoisotopic (exact) mass is 338 g/mol. The third kappa shape index (κ3) is 4.35. The molecule has 0 bridgehead atoms. The summed E-state index contributed by atoms with van der Waals surface area (Å²) in [6, 6.07) is 8.13. The Hall–Kier alpha value is -0.810. The third-order valence-corrected chi connectivity index (χ3v) is 4.64. The van der Waals surface area contributed by atoms with Crippen LogP contribution in [0.15, 0.2) is 29.1 Å². The number of thiol groups is 2. The fourth-order valence-electron chi connectivity index (χ4n) is 2.82. The maximum Gasteiger partial charge on any atom is 0.329 e. The van der Waals surface area contributed by atoms with Gasteiger partial charge >= 0.3 is 5.69 Å². The van der Waals surface area contributed by atoms with E-state index < -0.39 is 0 Å². The fourth-order valence-corrected chi connectivity index (χ4v) is 3.27. The van der Waals surface area contributed by atoms with Crippen molar-refractivity contribution in [1.29, 1.82) is 0 Å². The zero-order valence-corrected chi connectivity index (χ0v) is 14.9. The number of hydrogen-bond donors (Lipinski definition) is 2. The van der Waals surface area contributed by atoms with Crippen molar-refractivity contribution in [3.8, 4) is 0 Å². The van der Waals surface area contributed by atoms with Gasteiger partial charge in [0.05, 0.1) is 11.0 Å². The molecule has 2 aromatic rings. The molecule has 5 heteroatoms. The first-order chi connectivity index (χ1) is 10.8. The standard InChI is InChI=1S/C17H26N2OS2/c20-17-18(11-5-1-7-13-21)15-9-3-4-10-16(15)19(17)12-6-2-8-14-22/h3-4,9-10,21-22H,1-2,5-8,11-14H2. The van der Waals surface area contributed by atoms with E-state index >= 15 is 0 Å². The Morgan fingerprint density at radius 1 is 0.727 bits per heavy atom. The van der Waals surface area contributed by atoms with Gasteiger partial charge < -0.3 is 0 Å². The predicted molar refractivity (Wildman–Crippen MR) is 102 cm³/mol. The van der Waals surface area contributed by atoms with E-state index in [2.05, 4.69) is 37.4 Å². The Bertz CT molecular complexity index is 581. The number of aryl methyl sites for hydroxylation is 2. The van der Waals surface area contributed by atoms with Crippen molar-refractivity contribution in [3.05, 3.63) is 34.7 Å². The third-order valence-electron chi connectivity index (χ3n) is 4.00. The fraction of sp³-hybridized carbons (Fsp3) is 0.588. The molecule has 1 aromatic carbocycles. The van der Waals surface area contributed by atoms with Gasteiger partial charge in [0.1, 0.15) is 0 Å². The van der Waals surface area contributed by atoms with Gasteiger partial charge in [-0.1, -0.05) is 25.0 Å². The first kappa shape index (κ1) is 17.5. The summed E-state index contributed by atoms with van der Waals surface area (Å²) in [7, 11) is 0. The summed E-state index contributed by atoms with van der Waals surface area (Å²) in [5.41, 5.74) is 2.26. The lowest BCUT2D eigenvalue weighted by Gasteiger charge is -2.03. The number of benzene rings is 1. The van der Waals surface area contributed by atoms with Gasteiger partial charge in [0.25, 0.3) is 0 Å². The SMILES string of the molecule is O=c1n(CCCCCS)c2ccccc2n1CCCCCS. The molecule has 22 heavy (non-hydrogen) atoms. The zero-order valence-electron chi connectivity index (χ0n) is 13.1. The number of fused-ring (bicyclic) bond motifs is 1. The summed E-state index contributed by atoms with van der Waals surface area (Å²) in [5, 5.41) is 0. The molecule has 0 aliphatic carbocycles. The minimum Gasteiger partial charge on any atom is -0.292 e. The summed E-state index contributed by atoms with van der Waals surface area (Å²) < 4.78 is 3.87. The zero-order chi connectivity index (χ0) is 15.8. The van der Waals surface area contributed by atoms with Gasteiger partial charge in [-0.05, 0) is 49.3 Å². The average molecular weight is 339 g/mol. The number of hydrogen-bond acceptors (Lipinski definition) is 3. The summed E-state index contributed by atoms with van der Waals surface area (Å²) >= 11 is 8.48. The lowest BCUT2D eigenvalue weighted by atomic mass is 10.2. The second kappa shape index (κ2) is 9.36. The maximum absolute atomic E-state index is 12.7. The second-order valence-corrected chi connectivity index (χ2v) is 6.54. The number of unbranched alkanes of at least 4 members (excludes halogenated alkanes) is 4. The normalized spacial score (nSPS) is 11.4. The number of para-hydroxylation sites is 2. The summed E-state index contributed by atoms with van der Waals surface area (Å²) in [6.45, 7) is 1.60. The van der Waals surface area contributed by atoms with Gasteiger partial charge in [-0.3, -0.25) is 9.13 Å². The highest BCUT2D eigenvalue weighted by Crippen LogP contribution is 2.15. The molecule has 122 valence electrons. The van der Waals surface area contributed by atoms with Gasteiger partial charge in [-0.2, -0.15) is 25.3 Å². The average Bonchev–Trinajstić information content (AvgIpc) is 2.80. The van der Waals surface area contributed by atoms with Crippen molar-refractivity contribution >= 4 is 36.3 Å². The molecule has 0 unspecified atom stereocenters. The van der Waals surface area contributed by atoms with Crippen LogP contribution in [0.3, 0.4) is 0 Å². The molecule has 0 N–H and O–H groups in total. The van der Waals surface area contributed by atoms with Crippen LogP contribution in [-0.4, -0.2) is 20.6 Å². The van der Waals surface area contributed by atoms with Crippen LogP contribution < -0.4 is 5.69 Å². The van der Waals surface area contributed by atoms with Crippen molar-refractivity contribution in [3.63, 3.8) is 0 Å². The number of rotatable bonds is 10. The van der Waals surface area contributed by atoms with Gasteiger partial charge in [0, 0.05) is 13.1 Å². The van der Waals surface area contributed by atoms with Gasteiger partial charge in [0.15, 0.2) is 0 Å². The van der Waals surface area contributed by atoms with Crippen molar-refractivity contribution < 1.29 is 0 Å². The molecule has 0 fully saturated rings. The van der Waals surface area contributed by atoms with E-state index in [0.29, 0.717) is 0 Å². The molecule has 0 amide bonds. The number of nitrogens with zero attached hydrogens (tertiary/aromatic N) is 2. The first-order valence-electron chi connectivity index (χ1n) is 8.19. The lowest BCUT2D eigenvalue weighted by Crippen LogP contribution is -2.24. The van der Waals surface area contributed by atoms with Crippen molar-refractivity contribution in [1.82, 2.24) is 9.13 Å². The van der Waals surface area contributed by atoms with Crippen LogP contribution in [0.25, 0.3) is 11.0 Å². The van der Waals surface area contributed by atoms with Gasteiger partial charge in [-0.25, -0.2) is 4.79 Å². The Labute approximate surface area is 143 Å². The van der Waals surface area contributed by atoms with Crippen LogP contribution >= 0.6 is 25.3 Å². The molecule has 2 rings (SSSR count). The van der Waals surface area contributed by atoms with Gasteiger partial charge in [0.2, 0.25) is 0 Å². The van der Waals surface area contributed by atoms with Crippen LogP contribution in [0.2, 0.25) is 0 Å². The molecular weight excluding hydrogens is 312 g/mol. The van der Waals surface area contributed by atoms with E-state index in [9.17, 15) is 4.79 Å². The van der Waals surface area contributed by atoms with Crippen molar-refractivity contribution in [2.75, 3.05) is 11.5 Å². The van der Waals surface area contributed by atoms with Crippen molar-refractivity contribution in [2.24, 2.45) is 0 Å². The Morgan fingerprint density at radius 3 is 1.59 bits per heavy atom. The molecule has 0 saturated heterocycles. The van der Waals surface area contributed by atoms with E-state index in [4.69, 9.17) is 0 Å². The van der Waals surface area contributed by atoms with Crippen LogP contribution in [0.4, 0.5) is 0 Å².